The van der Waals surface area contributed by atoms with Crippen LogP contribution in [0, 0.1) is 11.3 Å². The molecule has 0 saturated heterocycles. The third kappa shape index (κ3) is 2.92. The van der Waals surface area contributed by atoms with Gasteiger partial charge in [-0.2, -0.15) is 5.26 Å². The van der Waals surface area contributed by atoms with Gasteiger partial charge in [0.25, 0.3) is 0 Å². The predicted molar refractivity (Wildman–Crippen MR) is 64.5 cm³/mol. The molecule has 0 aliphatic rings. The van der Waals surface area contributed by atoms with Gasteiger partial charge in [-0.25, -0.2) is 4.79 Å². The largest absolute Gasteiger partial charge is 0.457 e. The van der Waals surface area contributed by atoms with Crippen molar-refractivity contribution in [1.29, 1.82) is 5.26 Å². The molecule has 0 bridgehead atoms. The number of aromatic nitrogens is 1. The third-order valence-corrected chi connectivity index (χ3v) is 2.32. The van der Waals surface area contributed by atoms with Crippen LogP contribution in [0.5, 0.6) is 0 Å². The number of benzene rings is 1. The van der Waals surface area contributed by atoms with E-state index in [0.717, 1.165) is 5.56 Å². The topological polar surface area (TPSA) is 63.0 Å². The molecule has 0 aliphatic heterocycles. The number of ether oxygens (including phenoxy) is 1. The molecule has 0 aliphatic carbocycles. The van der Waals surface area contributed by atoms with Crippen molar-refractivity contribution in [3.63, 3.8) is 0 Å². The van der Waals surface area contributed by atoms with Gasteiger partial charge < -0.3 is 4.74 Å². The molecule has 1 aromatic heterocycles. The van der Waals surface area contributed by atoms with Gasteiger partial charge in [-0.05, 0) is 24.3 Å². The molecule has 18 heavy (non-hydrogen) atoms. The molecule has 88 valence electrons. The Morgan fingerprint density at radius 1 is 1.33 bits per heavy atom. The number of nitrogens with zero attached hydrogens (tertiary/aromatic N) is 2. The van der Waals surface area contributed by atoms with Crippen LogP contribution in [0.4, 0.5) is 0 Å². The summed E-state index contributed by atoms with van der Waals surface area (Å²) < 4.78 is 5.13. The minimum atomic E-state index is -0.448. The molecule has 0 radical (unpaired) electrons. The standard InChI is InChI=1S/C14H10N2O2/c15-8-11-3-1-5-13(7-11)14(17)18-10-12-4-2-6-16-9-12/h1-7,9H,10H2. The minimum Gasteiger partial charge on any atom is -0.457 e. The summed E-state index contributed by atoms with van der Waals surface area (Å²) in [5, 5.41) is 8.74. The lowest BCUT2D eigenvalue weighted by atomic mass is 10.1. The van der Waals surface area contributed by atoms with Crippen molar-refractivity contribution in [2.45, 2.75) is 6.61 Å². The van der Waals surface area contributed by atoms with Gasteiger partial charge in [-0.1, -0.05) is 12.1 Å². The first kappa shape index (κ1) is 11.8. The minimum absolute atomic E-state index is 0.170. The maximum Gasteiger partial charge on any atom is 0.338 e. The Balaban J connectivity index is 2.02. The Kier molecular flexibility index (Phi) is 3.67. The number of carbonyl (C=O) groups excluding carboxylic acids is 1. The summed E-state index contributed by atoms with van der Waals surface area (Å²) in [6.45, 7) is 0.170. The molecule has 0 amide bonds. The molecule has 0 fully saturated rings. The second-order valence-corrected chi connectivity index (χ2v) is 3.63. The van der Waals surface area contributed by atoms with E-state index in [-0.39, 0.29) is 6.61 Å². The van der Waals surface area contributed by atoms with Crippen molar-refractivity contribution in [3.8, 4) is 6.07 Å². The molecule has 4 heteroatoms. The zero-order valence-electron chi connectivity index (χ0n) is 9.54. The second kappa shape index (κ2) is 5.60. The molecule has 1 aromatic carbocycles. The van der Waals surface area contributed by atoms with Crippen LogP contribution in [0.2, 0.25) is 0 Å². The Morgan fingerprint density at radius 2 is 2.22 bits per heavy atom. The SMILES string of the molecule is N#Cc1cccc(C(=O)OCc2cccnc2)c1. The summed E-state index contributed by atoms with van der Waals surface area (Å²) in [5.74, 6) is -0.448. The molecule has 0 unspecified atom stereocenters. The third-order valence-electron chi connectivity index (χ3n) is 2.32. The average Bonchev–Trinajstić information content (AvgIpc) is 2.46. The quantitative estimate of drug-likeness (QED) is 0.770. The highest BCUT2D eigenvalue weighted by Gasteiger charge is 2.07. The first-order chi connectivity index (χ1) is 8.79. The smallest absolute Gasteiger partial charge is 0.338 e. The highest BCUT2D eigenvalue weighted by molar-refractivity contribution is 5.89. The van der Waals surface area contributed by atoms with Gasteiger partial charge in [-0.3, -0.25) is 4.98 Å². The number of rotatable bonds is 3. The number of hydrogen-bond acceptors (Lipinski definition) is 4. The van der Waals surface area contributed by atoms with Crippen molar-refractivity contribution in [2.24, 2.45) is 0 Å². The van der Waals surface area contributed by atoms with Gasteiger partial charge in [0.15, 0.2) is 0 Å². The van der Waals surface area contributed by atoms with Gasteiger partial charge in [-0.15, -0.1) is 0 Å². The number of hydrogen-bond donors (Lipinski definition) is 0. The Morgan fingerprint density at radius 3 is 2.94 bits per heavy atom. The maximum atomic E-state index is 11.7. The fourth-order valence-corrected chi connectivity index (χ4v) is 1.43. The summed E-state index contributed by atoms with van der Waals surface area (Å²) >= 11 is 0. The van der Waals surface area contributed by atoms with Crippen molar-refractivity contribution < 1.29 is 9.53 Å². The van der Waals surface area contributed by atoms with E-state index in [9.17, 15) is 4.79 Å². The maximum absolute atomic E-state index is 11.7. The van der Waals surface area contributed by atoms with Crippen LogP contribution < -0.4 is 0 Å². The van der Waals surface area contributed by atoms with E-state index in [1.54, 1.807) is 36.7 Å². The fraction of sp³-hybridized carbons (Fsp3) is 0.0714. The van der Waals surface area contributed by atoms with Crippen molar-refractivity contribution in [2.75, 3.05) is 0 Å². The van der Waals surface area contributed by atoms with Crippen molar-refractivity contribution in [3.05, 3.63) is 65.5 Å². The molecule has 2 aromatic rings. The molecule has 0 spiro atoms. The zero-order valence-corrected chi connectivity index (χ0v) is 9.54. The van der Waals surface area contributed by atoms with Crippen LogP contribution in [0.3, 0.4) is 0 Å². The van der Waals surface area contributed by atoms with Crippen LogP contribution in [0.1, 0.15) is 21.5 Å². The van der Waals surface area contributed by atoms with Crippen LogP contribution in [-0.4, -0.2) is 11.0 Å². The van der Waals surface area contributed by atoms with Crippen LogP contribution in [0.15, 0.2) is 48.8 Å². The Labute approximate surface area is 104 Å². The molecule has 0 saturated carbocycles. The molecule has 0 N–H and O–H groups in total. The van der Waals surface area contributed by atoms with Crippen molar-refractivity contribution in [1.82, 2.24) is 4.98 Å². The van der Waals surface area contributed by atoms with E-state index >= 15 is 0 Å². The summed E-state index contributed by atoms with van der Waals surface area (Å²) in [5.41, 5.74) is 1.63. The van der Waals surface area contributed by atoms with Gasteiger partial charge in [0, 0.05) is 18.0 Å². The van der Waals surface area contributed by atoms with E-state index in [2.05, 4.69) is 4.98 Å². The van der Waals surface area contributed by atoms with Crippen molar-refractivity contribution >= 4 is 5.97 Å². The first-order valence-corrected chi connectivity index (χ1v) is 5.36. The lowest BCUT2D eigenvalue weighted by molar-refractivity contribution is 0.0472. The number of pyridine rings is 1. The van der Waals surface area contributed by atoms with Crippen LogP contribution in [-0.2, 0) is 11.3 Å². The summed E-state index contributed by atoms with van der Waals surface area (Å²) in [4.78, 5) is 15.7. The molecule has 4 nitrogen and oxygen atoms in total. The number of esters is 1. The highest BCUT2D eigenvalue weighted by atomic mass is 16.5. The van der Waals surface area contributed by atoms with Gasteiger partial charge in [0.1, 0.15) is 6.61 Å². The molecule has 2 rings (SSSR count). The van der Waals surface area contributed by atoms with Gasteiger partial charge >= 0.3 is 5.97 Å². The number of nitriles is 1. The Bertz CT molecular complexity index is 588. The molecular weight excluding hydrogens is 228 g/mol. The van der Waals surface area contributed by atoms with E-state index < -0.39 is 5.97 Å². The summed E-state index contributed by atoms with van der Waals surface area (Å²) in [6, 6.07) is 12.0. The predicted octanol–water partition coefficient (Wildman–Crippen LogP) is 2.31. The van der Waals surface area contributed by atoms with Crippen LogP contribution >= 0.6 is 0 Å². The zero-order chi connectivity index (χ0) is 12.8. The van der Waals surface area contributed by atoms with Gasteiger partial charge in [0.2, 0.25) is 0 Å². The van der Waals surface area contributed by atoms with Gasteiger partial charge in [0.05, 0.1) is 17.2 Å². The monoisotopic (exact) mass is 238 g/mol. The second-order valence-electron chi connectivity index (χ2n) is 3.63. The van der Waals surface area contributed by atoms with E-state index in [1.165, 1.54) is 6.07 Å². The first-order valence-electron chi connectivity index (χ1n) is 5.36. The molecule has 1 heterocycles. The molecule has 0 atom stereocenters. The van der Waals surface area contributed by atoms with E-state index in [1.807, 2.05) is 12.1 Å². The summed E-state index contributed by atoms with van der Waals surface area (Å²) in [7, 11) is 0. The molecular formula is C14H10N2O2. The number of carbonyl (C=O) groups is 1. The Hall–Kier alpha value is -2.67. The van der Waals surface area contributed by atoms with E-state index in [4.69, 9.17) is 10.00 Å². The normalized spacial score (nSPS) is 9.50. The lowest BCUT2D eigenvalue weighted by Crippen LogP contribution is -2.05. The summed E-state index contributed by atoms with van der Waals surface area (Å²) in [6.07, 6.45) is 3.29. The fourth-order valence-electron chi connectivity index (χ4n) is 1.43. The average molecular weight is 238 g/mol. The van der Waals surface area contributed by atoms with E-state index in [0.29, 0.717) is 11.1 Å². The van der Waals surface area contributed by atoms with Crippen LogP contribution in [0.25, 0.3) is 0 Å². The highest BCUT2D eigenvalue weighted by Crippen LogP contribution is 2.07. The lowest BCUT2D eigenvalue weighted by Gasteiger charge is -2.04.